The zero-order valence-electron chi connectivity index (χ0n) is 11.4. The third kappa shape index (κ3) is 2.80. The van der Waals surface area contributed by atoms with Crippen molar-refractivity contribution in [3.63, 3.8) is 0 Å². The average Bonchev–Trinajstić information content (AvgIpc) is 3.07. The molecule has 108 valence electrons. The predicted molar refractivity (Wildman–Crippen MR) is 80.6 cm³/mol. The van der Waals surface area contributed by atoms with E-state index >= 15 is 0 Å². The van der Waals surface area contributed by atoms with Crippen molar-refractivity contribution < 1.29 is 14.3 Å². The van der Waals surface area contributed by atoms with Gasteiger partial charge in [-0.05, 0) is 30.7 Å². The lowest BCUT2D eigenvalue weighted by molar-refractivity contribution is -0.133. The molecular weight excluding hydrogens is 288 g/mol. The Bertz CT molecular complexity index is 778. The maximum absolute atomic E-state index is 10.8. The first-order valence-corrected chi connectivity index (χ1v) is 7.46. The van der Waals surface area contributed by atoms with Crippen LogP contribution < -0.4 is 0 Å². The lowest BCUT2D eigenvalue weighted by atomic mass is 10.2. The maximum atomic E-state index is 10.8. The van der Waals surface area contributed by atoms with Crippen LogP contribution in [-0.2, 0) is 11.3 Å². The van der Waals surface area contributed by atoms with Crippen molar-refractivity contribution in [3.8, 4) is 0 Å². The number of aromatic nitrogens is 2. The van der Waals surface area contributed by atoms with Crippen molar-refractivity contribution in [2.45, 2.75) is 18.6 Å². The van der Waals surface area contributed by atoms with Crippen molar-refractivity contribution in [1.82, 2.24) is 9.55 Å². The molecule has 1 N–H and O–H groups in total. The molecule has 21 heavy (non-hydrogen) atoms. The Morgan fingerprint density at radius 3 is 2.95 bits per heavy atom. The number of fused-ring (bicyclic) bond motifs is 1. The van der Waals surface area contributed by atoms with Gasteiger partial charge >= 0.3 is 5.97 Å². The number of hydrogen-bond acceptors (Lipinski definition) is 4. The highest BCUT2D eigenvalue weighted by molar-refractivity contribution is 7.99. The molecule has 0 saturated carbocycles. The van der Waals surface area contributed by atoms with Gasteiger partial charge in [-0.3, -0.25) is 4.79 Å². The smallest absolute Gasteiger partial charge is 0.313 e. The number of para-hydroxylation sites is 1. The van der Waals surface area contributed by atoms with E-state index in [1.54, 1.807) is 6.26 Å². The first-order valence-electron chi connectivity index (χ1n) is 6.48. The highest BCUT2D eigenvalue weighted by Crippen LogP contribution is 2.27. The van der Waals surface area contributed by atoms with Crippen molar-refractivity contribution in [2.24, 2.45) is 0 Å². The van der Waals surface area contributed by atoms with Crippen LogP contribution in [0.2, 0.25) is 0 Å². The molecule has 2 heterocycles. The Kier molecular flexibility index (Phi) is 3.70. The second-order valence-corrected chi connectivity index (χ2v) is 5.63. The Morgan fingerprint density at radius 2 is 2.24 bits per heavy atom. The lowest BCUT2D eigenvalue weighted by Crippen LogP contribution is -2.04. The van der Waals surface area contributed by atoms with E-state index in [0.717, 1.165) is 22.4 Å². The van der Waals surface area contributed by atoms with E-state index in [1.807, 2.05) is 41.8 Å². The number of aryl methyl sites for hydroxylation is 1. The lowest BCUT2D eigenvalue weighted by Gasteiger charge is -2.06. The number of carboxylic acid groups (broad SMARTS) is 1. The van der Waals surface area contributed by atoms with E-state index in [4.69, 9.17) is 9.52 Å². The van der Waals surface area contributed by atoms with Gasteiger partial charge in [0.15, 0.2) is 5.16 Å². The normalized spacial score (nSPS) is 11.1. The number of rotatable bonds is 5. The summed E-state index contributed by atoms with van der Waals surface area (Å²) < 4.78 is 7.39. The number of carbonyl (C=O) groups is 1. The topological polar surface area (TPSA) is 68.3 Å². The zero-order chi connectivity index (χ0) is 14.8. The Hall–Kier alpha value is -2.21. The van der Waals surface area contributed by atoms with Gasteiger partial charge in [-0.1, -0.05) is 23.9 Å². The molecule has 0 spiro atoms. The van der Waals surface area contributed by atoms with Gasteiger partial charge in [0.1, 0.15) is 5.76 Å². The SMILES string of the molecule is Cc1cccc2c1nc(SCC(=O)O)n2Cc1ccco1. The third-order valence-corrected chi connectivity index (χ3v) is 4.13. The van der Waals surface area contributed by atoms with Crippen LogP contribution in [0.3, 0.4) is 0 Å². The molecule has 2 aromatic heterocycles. The van der Waals surface area contributed by atoms with Gasteiger partial charge in [-0.2, -0.15) is 0 Å². The highest BCUT2D eigenvalue weighted by atomic mass is 32.2. The van der Waals surface area contributed by atoms with E-state index in [0.29, 0.717) is 11.7 Å². The first kappa shape index (κ1) is 13.8. The van der Waals surface area contributed by atoms with Gasteiger partial charge in [0.05, 0.1) is 29.6 Å². The number of nitrogens with zero attached hydrogens (tertiary/aromatic N) is 2. The molecule has 0 atom stereocenters. The molecule has 0 saturated heterocycles. The molecule has 0 amide bonds. The van der Waals surface area contributed by atoms with Crippen molar-refractivity contribution in [2.75, 3.05) is 5.75 Å². The van der Waals surface area contributed by atoms with E-state index in [-0.39, 0.29) is 5.75 Å². The molecule has 0 aliphatic carbocycles. The number of imidazole rings is 1. The molecule has 0 aliphatic heterocycles. The summed E-state index contributed by atoms with van der Waals surface area (Å²) in [4.78, 5) is 15.4. The second-order valence-electron chi connectivity index (χ2n) is 4.68. The number of hydrogen-bond donors (Lipinski definition) is 1. The van der Waals surface area contributed by atoms with E-state index in [2.05, 4.69) is 4.98 Å². The van der Waals surface area contributed by atoms with Crippen molar-refractivity contribution in [1.29, 1.82) is 0 Å². The molecular formula is C15H14N2O3S. The number of benzene rings is 1. The summed E-state index contributed by atoms with van der Waals surface area (Å²) >= 11 is 1.22. The second kappa shape index (κ2) is 5.65. The van der Waals surface area contributed by atoms with Crippen LogP contribution >= 0.6 is 11.8 Å². The third-order valence-electron chi connectivity index (χ3n) is 3.16. The van der Waals surface area contributed by atoms with Crippen LogP contribution in [0.15, 0.2) is 46.2 Å². The van der Waals surface area contributed by atoms with Crippen LogP contribution in [0.5, 0.6) is 0 Å². The van der Waals surface area contributed by atoms with Crippen molar-refractivity contribution in [3.05, 3.63) is 47.9 Å². The summed E-state index contributed by atoms with van der Waals surface area (Å²) in [6.45, 7) is 2.53. The number of carboxylic acids is 1. The van der Waals surface area contributed by atoms with Gasteiger partial charge in [0, 0.05) is 0 Å². The fourth-order valence-electron chi connectivity index (χ4n) is 2.21. The van der Waals surface area contributed by atoms with E-state index in [9.17, 15) is 4.79 Å². The zero-order valence-corrected chi connectivity index (χ0v) is 12.3. The minimum atomic E-state index is -0.853. The summed E-state index contributed by atoms with van der Waals surface area (Å²) in [5.74, 6) is -0.0538. The summed E-state index contributed by atoms with van der Waals surface area (Å²) in [5.41, 5.74) is 2.96. The fourth-order valence-corrected chi connectivity index (χ4v) is 2.94. The monoisotopic (exact) mass is 302 g/mol. The standard InChI is InChI=1S/C15H14N2O3S/c1-10-4-2-6-12-14(10)16-15(21-9-13(18)19)17(12)8-11-5-3-7-20-11/h2-7H,8-9H2,1H3,(H,18,19). The molecule has 0 unspecified atom stereocenters. The van der Waals surface area contributed by atoms with Crippen LogP contribution in [0.1, 0.15) is 11.3 Å². The molecule has 0 bridgehead atoms. The minimum Gasteiger partial charge on any atom is -0.481 e. The summed E-state index contributed by atoms with van der Waals surface area (Å²) in [6, 6.07) is 9.70. The van der Waals surface area contributed by atoms with Gasteiger partial charge < -0.3 is 14.1 Å². The summed E-state index contributed by atoms with van der Waals surface area (Å²) in [6.07, 6.45) is 1.63. The van der Waals surface area contributed by atoms with Gasteiger partial charge in [-0.15, -0.1) is 0 Å². The van der Waals surface area contributed by atoms with Crippen LogP contribution in [-0.4, -0.2) is 26.4 Å². The fraction of sp³-hybridized carbons (Fsp3) is 0.200. The molecule has 1 aromatic carbocycles. The molecule has 6 heteroatoms. The molecule has 3 rings (SSSR count). The van der Waals surface area contributed by atoms with E-state index < -0.39 is 5.97 Å². The van der Waals surface area contributed by atoms with Crippen LogP contribution in [0.4, 0.5) is 0 Å². The predicted octanol–water partition coefficient (Wildman–Crippen LogP) is 3.16. The van der Waals surface area contributed by atoms with Gasteiger partial charge in [-0.25, -0.2) is 4.98 Å². The Balaban J connectivity index is 2.06. The van der Waals surface area contributed by atoms with E-state index in [1.165, 1.54) is 11.8 Å². The molecule has 0 radical (unpaired) electrons. The van der Waals surface area contributed by atoms with Crippen LogP contribution in [0, 0.1) is 6.92 Å². The quantitative estimate of drug-likeness (QED) is 0.733. The molecule has 5 nitrogen and oxygen atoms in total. The molecule has 0 fully saturated rings. The minimum absolute atomic E-state index is 0.0134. The highest BCUT2D eigenvalue weighted by Gasteiger charge is 2.15. The number of thioether (sulfide) groups is 1. The Labute approximate surface area is 125 Å². The Morgan fingerprint density at radius 1 is 1.38 bits per heavy atom. The van der Waals surface area contributed by atoms with Gasteiger partial charge in [0.25, 0.3) is 0 Å². The first-order chi connectivity index (χ1) is 10.1. The molecule has 0 aliphatic rings. The summed E-state index contributed by atoms with van der Waals surface area (Å²) in [7, 11) is 0. The largest absolute Gasteiger partial charge is 0.481 e. The average molecular weight is 302 g/mol. The number of furan rings is 1. The van der Waals surface area contributed by atoms with Gasteiger partial charge in [0.2, 0.25) is 0 Å². The summed E-state index contributed by atoms with van der Waals surface area (Å²) in [5, 5.41) is 9.57. The molecule has 3 aromatic rings. The maximum Gasteiger partial charge on any atom is 0.313 e. The van der Waals surface area contributed by atoms with Crippen molar-refractivity contribution >= 4 is 28.8 Å². The number of aliphatic carboxylic acids is 1. The van der Waals surface area contributed by atoms with Crippen LogP contribution in [0.25, 0.3) is 11.0 Å².